The summed E-state index contributed by atoms with van der Waals surface area (Å²) in [6.07, 6.45) is 1.76. The fourth-order valence-electron chi connectivity index (χ4n) is 1.85. The smallest absolute Gasteiger partial charge is 0.166 e. The predicted molar refractivity (Wildman–Crippen MR) is 74.3 cm³/mol. The standard InChI is InChI=1S/C15H18N2O2/c1-16-10-12-6-5-8-14(18-2)15(12)19-11-13-7-3-4-9-17-13/h3-9,16H,10-11H2,1-2H3. The van der Waals surface area contributed by atoms with Crippen LogP contribution in [0, 0.1) is 0 Å². The minimum absolute atomic E-state index is 0.428. The first kappa shape index (κ1) is 13.4. The second-order valence-corrected chi connectivity index (χ2v) is 4.09. The molecule has 4 heteroatoms. The monoisotopic (exact) mass is 258 g/mol. The summed E-state index contributed by atoms with van der Waals surface area (Å²) < 4.78 is 11.2. The molecule has 2 aromatic rings. The molecule has 1 N–H and O–H groups in total. The molecule has 0 fully saturated rings. The van der Waals surface area contributed by atoms with Crippen molar-refractivity contribution in [3.63, 3.8) is 0 Å². The van der Waals surface area contributed by atoms with Crippen LogP contribution in [0.15, 0.2) is 42.6 Å². The van der Waals surface area contributed by atoms with E-state index >= 15 is 0 Å². The van der Waals surface area contributed by atoms with Crippen molar-refractivity contribution in [3.8, 4) is 11.5 Å². The molecular weight excluding hydrogens is 240 g/mol. The number of methoxy groups -OCH3 is 1. The first-order chi connectivity index (χ1) is 9.35. The zero-order chi connectivity index (χ0) is 13.5. The second-order valence-electron chi connectivity index (χ2n) is 4.09. The summed E-state index contributed by atoms with van der Waals surface area (Å²) in [5.74, 6) is 1.51. The third kappa shape index (κ3) is 3.45. The second kappa shape index (κ2) is 6.75. The van der Waals surface area contributed by atoms with Crippen LogP contribution in [-0.4, -0.2) is 19.1 Å². The summed E-state index contributed by atoms with van der Waals surface area (Å²) >= 11 is 0. The quantitative estimate of drug-likeness (QED) is 0.864. The number of aromatic nitrogens is 1. The molecule has 19 heavy (non-hydrogen) atoms. The van der Waals surface area contributed by atoms with Gasteiger partial charge in [-0.2, -0.15) is 0 Å². The summed E-state index contributed by atoms with van der Waals surface area (Å²) in [6.45, 7) is 1.16. The molecule has 0 spiro atoms. The maximum Gasteiger partial charge on any atom is 0.166 e. The number of para-hydroxylation sites is 1. The average Bonchev–Trinajstić information content (AvgIpc) is 2.47. The molecule has 0 aliphatic heterocycles. The lowest BCUT2D eigenvalue weighted by Crippen LogP contribution is -2.08. The van der Waals surface area contributed by atoms with E-state index in [4.69, 9.17) is 9.47 Å². The lowest BCUT2D eigenvalue weighted by atomic mass is 10.2. The van der Waals surface area contributed by atoms with Crippen molar-refractivity contribution >= 4 is 0 Å². The summed E-state index contributed by atoms with van der Waals surface area (Å²) in [6, 6.07) is 11.6. The lowest BCUT2D eigenvalue weighted by Gasteiger charge is -2.14. The van der Waals surface area contributed by atoms with Crippen LogP contribution in [-0.2, 0) is 13.2 Å². The number of hydrogen-bond donors (Lipinski definition) is 1. The minimum Gasteiger partial charge on any atom is -0.493 e. The van der Waals surface area contributed by atoms with Gasteiger partial charge < -0.3 is 14.8 Å². The molecular formula is C15H18N2O2. The molecule has 0 atom stereocenters. The van der Waals surface area contributed by atoms with Crippen molar-refractivity contribution in [1.29, 1.82) is 0 Å². The zero-order valence-corrected chi connectivity index (χ0v) is 11.2. The Morgan fingerprint density at radius 1 is 1.16 bits per heavy atom. The predicted octanol–water partition coefficient (Wildman–Crippen LogP) is 2.39. The van der Waals surface area contributed by atoms with Crippen molar-refractivity contribution in [1.82, 2.24) is 10.3 Å². The lowest BCUT2D eigenvalue weighted by molar-refractivity contribution is 0.277. The van der Waals surface area contributed by atoms with Crippen molar-refractivity contribution in [3.05, 3.63) is 53.9 Å². The van der Waals surface area contributed by atoms with Crippen LogP contribution in [0.5, 0.6) is 11.5 Å². The van der Waals surface area contributed by atoms with Gasteiger partial charge in [0, 0.05) is 18.3 Å². The highest BCUT2D eigenvalue weighted by molar-refractivity contribution is 5.46. The van der Waals surface area contributed by atoms with Crippen LogP contribution in [0.25, 0.3) is 0 Å². The van der Waals surface area contributed by atoms with Gasteiger partial charge in [-0.05, 0) is 25.2 Å². The Balaban J connectivity index is 2.17. The van der Waals surface area contributed by atoms with E-state index in [2.05, 4.69) is 10.3 Å². The fourth-order valence-corrected chi connectivity index (χ4v) is 1.85. The largest absolute Gasteiger partial charge is 0.493 e. The Labute approximate surface area is 113 Å². The molecule has 0 amide bonds. The molecule has 0 aliphatic rings. The molecule has 100 valence electrons. The van der Waals surface area contributed by atoms with E-state index in [1.54, 1.807) is 13.3 Å². The summed E-state index contributed by atoms with van der Waals surface area (Å²) in [5.41, 5.74) is 1.96. The van der Waals surface area contributed by atoms with Gasteiger partial charge in [0.25, 0.3) is 0 Å². The van der Waals surface area contributed by atoms with Gasteiger partial charge in [0.15, 0.2) is 11.5 Å². The van der Waals surface area contributed by atoms with Crippen molar-refractivity contribution < 1.29 is 9.47 Å². The highest BCUT2D eigenvalue weighted by Crippen LogP contribution is 2.31. The molecule has 0 bridgehead atoms. The van der Waals surface area contributed by atoms with E-state index in [0.29, 0.717) is 6.61 Å². The van der Waals surface area contributed by atoms with Gasteiger partial charge in [0.05, 0.1) is 12.8 Å². The molecule has 2 rings (SSSR count). The first-order valence-electron chi connectivity index (χ1n) is 6.18. The highest BCUT2D eigenvalue weighted by Gasteiger charge is 2.10. The van der Waals surface area contributed by atoms with Crippen LogP contribution in [0.1, 0.15) is 11.3 Å². The number of ether oxygens (including phenoxy) is 2. The van der Waals surface area contributed by atoms with Gasteiger partial charge in [-0.15, -0.1) is 0 Å². The van der Waals surface area contributed by atoms with Crippen LogP contribution in [0.2, 0.25) is 0 Å². The molecule has 1 heterocycles. The SMILES string of the molecule is CNCc1cccc(OC)c1OCc1ccccn1. The number of nitrogens with one attached hydrogen (secondary N) is 1. The van der Waals surface area contributed by atoms with Gasteiger partial charge >= 0.3 is 0 Å². The van der Waals surface area contributed by atoms with Crippen molar-refractivity contribution in [2.45, 2.75) is 13.2 Å². The van der Waals surface area contributed by atoms with Gasteiger partial charge in [-0.3, -0.25) is 4.98 Å². The Hall–Kier alpha value is -2.07. The summed E-state index contributed by atoms with van der Waals surface area (Å²) in [5, 5.41) is 3.12. The van der Waals surface area contributed by atoms with E-state index in [9.17, 15) is 0 Å². The number of rotatable bonds is 6. The van der Waals surface area contributed by atoms with Crippen LogP contribution in [0.3, 0.4) is 0 Å². The number of nitrogens with zero attached hydrogens (tertiary/aromatic N) is 1. The first-order valence-corrected chi connectivity index (χ1v) is 6.18. The fraction of sp³-hybridized carbons (Fsp3) is 0.267. The molecule has 0 unspecified atom stereocenters. The third-order valence-corrected chi connectivity index (χ3v) is 2.74. The molecule has 0 radical (unpaired) electrons. The van der Waals surface area contributed by atoms with Gasteiger partial charge in [0.2, 0.25) is 0 Å². The molecule has 1 aromatic carbocycles. The summed E-state index contributed by atoms with van der Waals surface area (Å²) in [7, 11) is 3.55. The molecule has 0 aliphatic carbocycles. The van der Waals surface area contributed by atoms with Crippen LogP contribution < -0.4 is 14.8 Å². The Kier molecular flexibility index (Phi) is 4.75. The highest BCUT2D eigenvalue weighted by atomic mass is 16.5. The maximum atomic E-state index is 5.87. The van der Waals surface area contributed by atoms with Crippen LogP contribution >= 0.6 is 0 Å². The van der Waals surface area contributed by atoms with Crippen LogP contribution in [0.4, 0.5) is 0 Å². The maximum absolute atomic E-state index is 5.87. The third-order valence-electron chi connectivity index (χ3n) is 2.74. The molecule has 4 nitrogen and oxygen atoms in total. The van der Waals surface area contributed by atoms with Gasteiger partial charge in [-0.25, -0.2) is 0 Å². The van der Waals surface area contributed by atoms with Gasteiger partial charge in [-0.1, -0.05) is 18.2 Å². The topological polar surface area (TPSA) is 43.4 Å². The minimum atomic E-state index is 0.428. The van der Waals surface area contributed by atoms with E-state index in [0.717, 1.165) is 29.3 Å². The van der Waals surface area contributed by atoms with Crippen molar-refractivity contribution in [2.75, 3.05) is 14.2 Å². The molecule has 1 aromatic heterocycles. The zero-order valence-electron chi connectivity index (χ0n) is 11.2. The Bertz CT molecular complexity index is 515. The van der Waals surface area contributed by atoms with Crippen molar-refractivity contribution in [2.24, 2.45) is 0 Å². The van der Waals surface area contributed by atoms with E-state index in [1.165, 1.54) is 0 Å². The Morgan fingerprint density at radius 3 is 2.74 bits per heavy atom. The van der Waals surface area contributed by atoms with Gasteiger partial charge in [0.1, 0.15) is 6.61 Å². The average molecular weight is 258 g/mol. The van der Waals surface area contributed by atoms with E-state index in [-0.39, 0.29) is 0 Å². The molecule has 0 saturated carbocycles. The molecule has 0 saturated heterocycles. The number of benzene rings is 1. The van der Waals surface area contributed by atoms with E-state index < -0.39 is 0 Å². The number of pyridine rings is 1. The van der Waals surface area contributed by atoms with E-state index in [1.807, 2.05) is 43.4 Å². The summed E-state index contributed by atoms with van der Waals surface area (Å²) in [4.78, 5) is 4.24. The number of hydrogen-bond acceptors (Lipinski definition) is 4. The Morgan fingerprint density at radius 2 is 2.05 bits per heavy atom. The normalized spacial score (nSPS) is 10.2.